The number of rotatable bonds is 5. The van der Waals surface area contributed by atoms with Crippen LogP contribution in [0.4, 0.5) is 0 Å². The van der Waals surface area contributed by atoms with E-state index in [9.17, 15) is 13.2 Å². The quantitative estimate of drug-likeness (QED) is 0.743. The van der Waals surface area contributed by atoms with Crippen molar-refractivity contribution >= 4 is 16.0 Å². The highest BCUT2D eigenvalue weighted by Gasteiger charge is 2.28. The van der Waals surface area contributed by atoms with Gasteiger partial charge in [0.25, 0.3) is 0 Å². The number of hydrogen-bond donors (Lipinski definition) is 0. The van der Waals surface area contributed by atoms with Crippen LogP contribution >= 0.6 is 0 Å². The Kier molecular flexibility index (Phi) is 5.43. The molecule has 1 aliphatic rings. The van der Waals surface area contributed by atoms with Gasteiger partial charge in [0.2, 0.25) is 10.0 Å². The molecule has 1 aromatic carbocycles. The average molecular weight is 378 g/mol. The van der Waals surface area contributed by atoms with Gasteiger partial charge in [0, 0.05) is 19.2 Å². The number of piperidine rings is 1. The molecular weight excluding hydrogens is 356 g/mol. The summed E-state index contributed by atoms with van der Waals surface area (Å²) in [7, 11) is -3.52. The number of sulfonamides is 1. The van der Waals surface area contributed by atoms with Crippen LogP contribution in [0.25, 0.3) is 0 Å². The zero-order valence-electron chi connectivity index (χ0n) is 14.8. The smallest absolute Gasteiger partial charge is 0.338 e. The second kappa shape index (κ2) is 7.59. The van der Waals surface area contributed by atoms with Crippen molar-refractivity contribution in [2.75, 3.05) is 13.1 Å². The summed E-state index contributed by atoms with van der Waals surface area (Å²) in [5, 5.41) is 3.75. The van der Waals surface area contributed by atoms with Crippen molar-refractivity contribution in [1.82, 2.24) is 9.46 Å². The summed E-state index contributed by atoms with van der Waals surface area (Å²) < 4.78 is 36.9. The summed E-state index contributed by atoms with van der Waals surface area (Å²) in [6.45, 7) is 4.95. The Labute approximate surface area is 153 Å². The summed E-state index contributed by atoms with van der Waals surface area (Å²) in [4.78, 5) is 12.3. The lowest BCUT2D eigenvalue weighted by Crippen LogP contribution is -2.37. The molecule has 0 bridgehead atoms. The molecule has 2 heterocycles. The van der Waals surface area contributed by atoms with Crippen molar-refractivity contribution in [2.45, 2.75) is 38.2 Å². The molecule has 1 saturated heterocycles. The first kappa shape index (κ1) is 18.6. The minimum atomic E-state index is -3.52. The Morgan fingerprint density at radius 1 is 1.27 bits per heavy atom. The van der Waals surface area contributed by atoms with E-state index >= 15 is 0 Å². The number of carbonyl (C=O) groups is 1. The van der Waals surface area contributed by atoms with Crippen molar-refractivity contribution < 1.29 is 22.5 Å². The molecule has 140 valence electrons. The van der Waals surface area contributed by atoms with E-state index in [1.807, 2.05) is 0 Å². The number of hydrogen-bond acceptors (Lipinski definition) is 6. The zero-order chi connectivity index (χ0) is 18.7. The van der Waals surface area contributed by atoms with Crippen molar-refractivity contribution in [3.05, 3.63) is 47.3 Å². The molecule has 0 spiro atoms. The van der Waals surface area contributed by atoms with E-state index in [1.54, 1.807) is 13.0 Å². The Morgan fingerprint density at radius 3 is 2.50 bits per heavy atom. The number of ether oxygens (including phenoxy) is 1. The van der Waals surface area contributed by atoms with Crippen LogP contribution in [0.5, 0.6) is 0 Å². The van der Waals surface area contributed by atoms with Crippen LogP contribution in [-0.4, -0.2) is 36.9 Å². The summed E-state index contributed by atoms with van der Waals surface area (Å²) in [5.41, 5.74) is 0.811. The third-order valence-electron chi connectivity index (χ3n) is 4.50. The third-order valence-corrected chi connectivity index (χ3v) is 6.41. The van der Waals surface area contributed by atoms with Crippen molar-refractivity contribution in [3.8, 4) is 0 Å². The summed E-state index contributed by atoms with van der Waals surface area (Å²) >= 11 is 0. The maximum atomic E-state index is 12.7. The van der Waals surface area contributed by atoms with Gasteiger partial charge in [-0.05, 0) is 49.9 Å². The molecule has 1 aromatic heterocycles. The number of aryl methyl sites for hydroxylation is 1. The second-order valence-electron chi connectivity index (χ2n) is 6.62. The maximum absolute atomic E-state index is 12.7. The first-order valence-corrected chi connectivity index (χ1v) is 10.00. The minimum Gasteiger partial charge on any atom is -0.455 e. The standard InChI is InChI=1S/C18H22N2O5S/c1-13-7-9-20(10-8-13)26(22,23)17-5-3-15(4-6-17)18(21)24-12-16-11-14(2)25-19-16/h3-6,11,13H,7-10,12H2,1-2H3. The fraction of sp³-hybridized carbons (Fsp3) is 0.444. The molecule has 7 nitrogen and oxygen atoms in total. The zero-order valence-corrected chi connectivity index (χ0v) is 15.7. The molecule has 0 saturated carbocycles. The van der Waals surface area contributed by atoms with Crippen molar-refractivity contribution in [2.24, 2.45) is 5.92 Å². The normalized spacial score (nSPS) is 16.5. The number of aromatic nitrogens is 1. The predicted molar refractivity (Wildman–Crippen MR) is 94.0 cm³/mol. The van der Waals surface area contributed by atoms with Crippen LogP contribution < -0.4 is 0 Å². The van der Waals surface area contributed by atoms with Crippen LogP contribution in [0.2, 0.25) is 0 Å². The fourth-order valence-electron chi connectivity index (χ4n) is 2.85. The van der Waals surface area contributed by atoms with E-state index in [-0.39, 0.29) is 17.1 Å². The van der Waals surface area contributed by atoms with Crippen LogP contribution in [-0.2, 0) is 21.4 Å². The average Bonchev–Trinajstić information content (AvgIpc) is 3.05. The van der Waals surface area contributed by atoms with Crippen LogP contribution in [0.15, 0.2) is 39.8 Å². The predicted octanol–water partition coefficient (Wildman–Crippen LogP) is 2.76. The lowest BCUT2D eigenvalue weighted by Gasteiger charge is -2.29. The van der Waals surface area contributed by atoms with E-state index < -0.39 is 16.0 Å². The Hall–Kier alpha value is -2.19. The molecule has 3 rings (SSSR count). The molecule has 0 amide bonds. The molecule has 1 aliphatic heterocycles. The van der Waals surface area contributed by atoms with Gasteiger partial charge in [0.15, 0.2) is 0 Å². The molecule has 1 fully saturated rings. The Bertz CT molecular complexity index is 865. The largest absolute Gasteiger partial charge is 0.455 e. The van der Waals surface area contributed by atoms with Gasteiger partial charge in [-0.15, -0.1) is 0 Å². The van der Waals surface area contributed by atoms with E-state index in [0.29, 0.717) is 30.5 Å². The number of benzene rings is 1. The molecule has 8 heteroatoms. The lowest BCUT2D eigenvalue weighted by molar-refractivity contribution is 0.0464. The van der Waals surface area contributed by atoms with Gasteiger partial charge >= 0.3 is 5.97 Å². The topological polar surface area (TPSA) is 89.7 Å². The van der Waals surface area contributed by atoms with E-state index in [0.717, 1.165) is 12.8 Å². The maximum Gasteiger partial charge on any atom is 0.338 e. The van der Waals surface area contributed by atoms with Gasteiger partial charge < -0.3 is 9.26 Å². The molecule has 0 atom stereocenters. The van der Waals surface area contributed by atoms with Gasteiger partial charge in [-0.3, -0.25) is 0 Å². The van der Waals surface area contributed by atoms with Gasteiger partial charge in [-0.1, -0.05) is 12.1 Å². The van der Waals surface area contributed by atoms with Gasteiger partial charge in [0.05, 0.1) is 10.5 Å². The number of carbonyl (C=O) groups excluding carboxylic acids is 1. The fourth-order valence-corrected chi connectivity index (χ4v) is 4.32. The highest BCUT2D eigenvalue weighted by atomic mass is 32.2. The van der Waals surface area contributed by atoms with E-state index in [1.165, 1.54) is 28.6 Å². The Balaban J connectivity index is 1.64. The monoisotopic (exact) mass is 378 g/mol. The SMILES string of the molecule is Cc1cc(COC(=O)c2ccc(S(=O)(=O)N3CCC(C)CC3)cc2)no1. The molecule has 0 aliphatic carbocycles. The summed E-state index contributed by atoms with van der Waals surface area (Å²) in [6.07, 6.45) is 1.73. The van der Waals surface area contributed by atoms with Crippen LogP contribution in [0.1, 0.15) is 41.6 Å². The summed E-state index contributed by atoms with van der Waals surface area (Å²) in [5.74, 6) is 0.645. The molecule has 26 heavy (non-hydrogen) atoms. The number of nitrogens with zero attached hydrogens (tertiary/aromatic N) is 2. The molecule has 0 unspecified atom stereocenters. The molecule has 2 aromatic rings. The third kappa shape index (κ3) is 4.13. The lowest BCUT2D eigenvalue weighted by atomic mass is 10.0. The van der Waals surface area contributed by atoms with Crippen molar-refractivity contribution in [1.29, 1.82) is 0 Å². The number of esters is 1. The highest BCUT2D eigenvalue weighted by Crippen LogP contribution is 2.23. The van der Waals surface area contributed by atoms with Crippen LogP contribution in [0.3, 0.4) is 0 Å². The second-order valence-corrected chi connectivity index (χ2v) is 8.55. The molecular formula is C18H22N2O5S. The van der Waals surface area contributed by atoms with Gasteiger partial charge in [-0.25, -0.2) is 13.2 Å². The van der Waals surface area contributed by atoms with Gasteiger partial charge in [-0.2, -0.15) is 4.31 Å². The van der Waals surface area contributed by atoms with Gasteiger partial charge in [0.1, 0.15) is 18.1 Å². The van der Waals surface area contributed by atoms with Crippen molar-refractivity contribution in [3.63, 3.8) is 0 Å². The molecule has 0 N–H and O–H groups in total. The molecule has 0 radical (unpaired) electrons. The Morgan fingerprint density at radius 2 is 1.92 bits per heavy atom. The first-order chi connectivity index (χ1) is 12.4. The summed E-state index contributed by atoms with van der Waals surface area (Å²) in [6, 6.07) is 7.52. The minimum absolute atomic E-state index is 0.00217. The van der Waals surface area contributed by atoms with E-state index in [4.69, 9.17) is 9.26 Å². The first-order valence-electron chi connectivity index (χ1n) is 8.56. The van der Waals surface area contributed by atoms with E-state index in [2.05, 4.69) is 12.1 Å². The van der Waals surface area contributed by atoms with Crippen LogP contribution in [0, 0.1) is 12.8 Å². The highest BCUT2D eigenvalue weighted by molar-refractivity contribution is 7.89.